The lowest BCUT2D eigenvalue weighted by Crippen LogP contribution is -2.64. The average molecular weight is 342 g/mol. The SMILES string of the molecule is Cc1noc(C)c1S(=O)(=O)N1CC(N2CCN(C(C)C)CC2)C1. The van der Waals surface area contributed by atoms with E-state index in [0.717, 1.165) is 26.2 Å². The van der Waals surface area contributed by atoms with Crippen molar-refractivity contribution in [1.82, 2.24) is 19.3 Å². The van der Waals surface area contributed by atoms with Crippen molar-refractivity contribution in [2.24, 2.45) is 0 Å². The van der Waals surface area contributed by atoms with Crippen LogP contribution in [0.2, 0.25) is 0 Å². The largest absolute Gasteiger partial charge is 0.360 e. The Morgan fingerprint density at radius 2 is 1.74 bits per heavy atom. The molecule has 0 aromatic carbocycles. The molecule has 130 valence electrons. The molecule has 0 bridgehead atoms. The van der Waals surface area contributed by atoms with E-state index in [9.17, 15) is 8.42 Å². The van der Waals surface area contributed by atoms with Crippen LogP contribution in [0, 0.1) is 13.8 Å². The Hall–Kier alpha value is -0.960. The summed E-state index contributed by atoms with van der Waals surface area (Å²) in [5.74, 6) is 0.372. The first-order chi connectivity index (χ1) is 10.8. The summed E-state index contributed by atoms with van der Waals surface area (Å²) in [6, 6.07) is 0.912. The van der Waals surface area contributed by atoms with Crippen molar-refractivity contribution in [2.45, 2.75) is 44.7 Å². The lowest BCUT2D eigenvalue weighted by atomic mass is 10.1. The second-order valence-corrected chi connectivity index (χ2v) is 8.67. The van der Waals surface area contributed by atoms with E-state index in [-0.39, 0.29) is 4.90 Å². The summed E-state index contributed by atoms with van der Waals surface area (Å²) in [7, 11) is -3.48. The first-order valence-corrected chi connectivity index (χ1v) is 9.66. The molecule has 0 amide bonds. The summed E-state index contributed by atoms with van der Waals surface area (Å²) in [4.78, 5) is 5.12. The van der Waals surface area contributed by atoms with E-state index in [1.54, 1.807) is 18.2 Å². The maximum atomic E-state index is 12.7. The van der Waals surface area contributed by atoms with Crippen molar-refractivity contribution in [3.05, 3.63) is 11.5 Å². The highest BCUT2D eigenvalue weighted by molar-refractivity contribution is 7.89. The average Bonchev–Trinajstić information content (AvgIpc) is 2.77. The first-order valence-electron chi connectivity index (χ1n) is 8.22. The summed E-state index contributed by atoms with van der Waals surface area (Å²) in [5, 5.41) is 3.76. The highest BCUT2D eigenvalue weighted by Gasteiger charge is 2.42. The third-order valence-electron chi connectivity index (χ3n) is 4.99. The smallest absolute Gasteiger partial charge is 0.248 e. The molecule has 2 fully saturated rings. The minimum Gasteiger partial charge on any atom is -0.360 e. The van der Waals surface area contributed by atoms with Crippen molar-refractivity contribution in [2.75, 3.05) is 39.3 Å². The molecule has 23 heavy (non-hydrogen) atoms. The van der Waals surface area contributed by atoms with Crippen LogP contribution in [0.15, 0.2) is 9.42 Å². The van der Waals surface area contributed by atoms with Gasteiger partial charge in [-0.3, -0.25) is 9.80 Å². The van der Waals surface area contributed by atoms with Gasteiger partial charge < -0.3 is 4.52 Å². The molecule has 0 radical (unpaired) electrons. The fourth-order valence-corrected chi connectivity index (χ4v) is 5.24. The van der Waals surface area contributed by atoms with Gasteiger partial charge in [0.25, 0.3) is 0 Å². The van der Waals surface area contributed by atoms with Gasteiger partial charge in [-0.2, -0.15) is 4.31 Å². The molecule has 8 heteroatoms. The summed E-state index contributed by atoms with van der Waals surface area (Å²) in [6.45, 7) is 13.0. The number of rotatable bonds is 4. The molecular weight excluding hydrogens is 316 g/mol. The number of hydrogen-bond donors (Lipinski definition) is 0. The number of sulfonamides is 1. The Morgan fingerprint density at radius 3 is 2.22 bits per heavy atom. The monoisotopic (exact) mass is 342 g/mol. The topological polar surface area (TPSA) is 69.9 Å². The number of aryl methyl sites for hydroxylation is 2. The minimum absolute atomic E-state index is 0.237. The molecule has 1 aromatic rings. The normalized spacial score (nSPS) is 22.7. The van der Waals surface area contributed by atoms with Gasteiger partial charge in [0.1, 0.15) is 10.6 Å². The van der Waals surface area contributed by atoms with E-state index in [4.69, 9.17) is 4.52 Å². The van der Waals surface area contributed by atoms with Gasteiger partial charge in [-0.25, -0.2) is 8.42 Å². The molecular formula is C15H26N4O3S. The highest BCUT2D eigenvalue weighted by Crippen LogP contribution is 2.28. The fourth-order valence-electron chi connectivity index (χ4n) is 3.43. The molecule has 0 saturated carbocycles. The van der Waals surface area contributed by atoms with Gasteiger partial charge >= 0.3 is 0 Å². The number of hydrogen-bond acceptors (Lipinski definition) is 6. The molecule has 7 nitrogen and oxygen atoms in total. The molecule has 3 heterocycles. The molecule has 0 N–H and O–H groups in total. The lowest BCUT2D eigenvalue weighted by Gasteiger charge is -2.47. The Labute approximate surface area is 138 Å². The van der Waals surface area contributed by atoms with Gasteiger partial charge in [0.15, 0.2) is 5.76 Å². The van der Waals surface area contributed by atoms with Crippen LogP contribution >= 0.6 is 0 Å². The predicted molar refractivity (Wildman–Crippen MR) is 86.8 cm³/mol. The summed E-state index contributed by atoms with van der Waals surface area (Å²) in [6.07, 6.45) is 0. The van der Waals surface area contributed by atoms with E-state index in [1.165, 1.54) is 0 Å². The van der Waals surface area contributed by atoms with Gasteiger partial charge in [-0.15, -0.1) is 0 Å². The molecule has 2 aliphatic heterocycles. The quantitative estimate of drug-likeness (QED) is 0.802. The standard InChI is InChI=1S/C15H26N4O3S/c1-11(2)17-5-7-18(8-6-17)14-9-19(10-14)23(20,21)15-12(3)16-22-13(15)4/h11,14H,5-10H2,1-4H3. The maximum Gasteiger partial charge on any atom is 0.248 e. The number of nitrogens with zero attached hydrogens (tertiary/aromatic N) is 4. The number of piperazine rings is 1. The fraction of sp³-hybridized carbons (Fsp3) is 0.800. The Bertz CT molecular complexity index is 637. The van der Waals surface area contributed by atoms with Crippen LogP contribution in [0.1, 0.15) is 25.3 Å². The van der Waals surface area contributed by atoms with Crippen LogP contribution in [-0.2, 0) is 10.0 Å². The summed E-state index contributed by atoms with van der Waals surface area (Å²) >= 11 is 0. The number of aromatic nitrogens is 1. The zero-order chi connectivity index (χ0) is 16.8. The van der Waals surface area contributed by atoms with Crippen LogP contribution in [0.25, 0.3) is 0 Å². The van der Waals surface area contributed by atoms with E-state index < -0.39 is 10.0 Å². The van der Waals surface area contributed by atoms with E-state index >= 15 is 0 Å². The minimum atomic E-state index is -3.48. The van der Waals surface area contributed by atoms with E-state index in [1.807, 2.05) is 0 Å². The molecule has 0 atom stereocenters. The summed E-state index contributed by atoms with van der Waals surface area (Å²) < 4.78 is 31.9. The third kappa shape index (κ3) is 3.05. The van der Waals surface area contributed by atoms with Crippen LogP contribution in [0.3, 0.4) is 0 Å². The Balaban J connectivity index is 1.59. The van der Waals surface area contributed by atoms with Gasteiger partial charge in [0.2, 0.25) is 10.0 Å². The maximum absolute atomic E-state index is 12.7. The van der Waals surface area contributed by atoms with Gasteiger partial charge in [0.05, 0.1) is 0 Å². The van der Waals surface area contributed by atoms with Gasteiger partial charge in [-0.1, -0.05) is 5.16 Å². The van der Waals surface area contributed by atoms with Crippen LogP contribution in [0.5, 0.6) is 0 Å². The molecule has 0 spiro atoms. The highest BCUT2D eigenvalue weighted by atomic mass is 32.2. The Kier molecular flexibility index (Phi) is 4.52. The van der Waals surface area contributed by atoms with E-state index in [2.05, 4.69) is 28.8 Å². The van der Waals surface area contributed by atoms with Crippen LogP contribution in [0.4, 0.5) is 0 Å². The van der Waals surface area contributed by atoms with Gasteiger partial charge in [0, 0.05) is 51.4 Å². The first kappa shape index (κ1) is 16.9. The molecule has 0 aliphatic carbocycles. The van der Waals surface area contributed by atoms with Crippen molar-refractivity contribution >= 4 is 10.0 Å². The second kappa shape index (κ2) is 6.16. The molecule has 2 aliphatic rings. The van der Waals surface area contributed by atoms with Crippen molar-refractivity contribution in [1.29, 1.82) is 0 Å². The van der Waals surface area contributed by atoms with E-state index in [0.29, 0.717) is 36.6 Å². The molecule has 1 aromatic heterocycles. The van der Waals surface area contributed by atoms with Crippen LogP contribution < -0.4 is 0 Å². The second-order valence-electron chi connectivity index (χ2n) is 6.79. The third-order valence-corrected chi connectivity index (χ3v) is 7.07. The predicted octanol–water partition coefficient (Wildman–Crippen LogP) is 0.690. The van der Waals surface area contributed by atoms with Gasteiger partial charge in [-0.05, 0) is 27.7 Å². The zero-order valence-corrected chi connectivity index (χ0v) is 15.1. The zero-order valence-electron chi connectivity index (χ0n) is 14.3. The molecule has 2 saturated heterocycles. The Morgan fingerprint density at radius 1 is 1.13 bits per heavy atom. The summed E-state index contributed by atoms with van der Waals surface area (Å²) in [5.41, 5.74) is 0.441. The lowest BCUT2D eigenvalue weighted by molar-refractivity contribution is 0.0316. The van der Waals surface area contributed by atoms with Crippen molar-refractivity contribution in [3.8, 4) is 0 Å². The van der Waals surface area contributed by atoms with Crippen molar-refractivity contribution in [3.63, 3.8) is 0 Å². The van der Waals surface area contributed by atoms with Crippen LogP contribution in [-0.4, -0.2) is 79.0 Å². The molecule has 0 unspecified atom stereocenters. The molecule has 3 rings (SSSR count). The van der Waals surface area contributed by atoms with Crippen molar-refractivity contribution < 1.29 is 12.9 Å².